The van der Waals surface area contributed by atoms with Crippen molar-refractivity contribution in [3.63, 3.8) is 0 Å². The van der Waals surface area contributed by atoms with Gasteiger partial charge in [-0.3, -0.25) is 4.98 Å². The van der Waals surface area contributed by atoms with E-state index in [2.05, 4.69) is 32.1 Å². The minimum absolute atomic E-state index is 0.189. The van der Waals surface area contributed by atoms with E-state index in [1.807, 2.05) is 38.2 Å². The molecular weight excluding hydrogens is 530 g/mol. The number of pyridine rings is 1. The third-order valence-corrected chi connectivity index (χ3v) is 8.61. The fourth-order valence-electron chi connectivity index (χ4n) is 6.00. The van der Waals surface area contributed by atoms with Crippen LogP contribution < -0.4 is 0 Å². The van der Waals surface area contributed by atoms with Crippen molar-refractivity contribution in [3.8, 4) is 11.3 Å². The van der Waals surface area contributed by atoms with Crippen LogP contribution in [0.5, 0.6) is 0 Å². The van der Waals surface area contributed by atoms with Gasteiger partial charge in [0.25, 0.3) is 10.0 Å². The van der Waals surface area contributed by atoms with Gasteiger partial charge in [0, 0.05) is 32.0 Å². The maximum Gasteiger partial charge on any atom is 0.251 e. The summed E-state index contributed by atoms with van der Waals surface area (Å²) in [5, 5.41) is 24.2. The molecule has 0 aliphatic carbocycles. The Morgan fingerprint density at radius 3 is 2.42 bits per heavy atom. The Morgan fingerprint density at radius 1 is 1.12 bits per heavy atom. The van der Waals surface area contributed by atoms with Gasteiger partial charge in [0.15, 0.2) is 0 Å². The zero-order chi connectivity index (χ0) is 28.4. The second-order valence-corrected chi connectivity index (χ2v) is 12.9. The molecule has 0 spiro atoms. The van der Waals surface area contributed by atoms with Crippen LogP contribution >= 0.6 is 0 Å². The molecule has 1 aliphatic rings. The highest BCUT2D eigenvalue weighted by atomic mass is 32.2. The number of aliphatic hydroxyl groups is 1. The third-order valence-electron chi connectivity index (χ3n) is 7.72. The van der Waals surface area contributed by atoms with Gasteiger partial charge in [0.1, 0.15) is 22.3 Å². The molecule has 1 aromatic carbocycles. The van der Waals surface area contributed by atoms with Gasteiger partial charge in [-0.05, 0) is 51.2 Å². The molecule has 1 N–H and O–H groups in total. The van der Waals surface area contributed by atoms with Crippen molar-refractivity contribution in [2.75, 3.05) is 19.5 Å². The lowest BCUT2D eigenvalue weighted by Crippen LogP contribution is -2.28. The predicted octanol–water partition coefficient (Wildman–Crippen LogP) is 3.54. The molecule has 0 bridgehead atoms. The van der Waals surface area contributed by atoms with Gasteiger partial charge in [0.2, 0.25) is 0 Å². The molecule has 0 amide bonds. The van der Waals surface area contributed by atoms with Crippen molar-refractivity contribution in [2.45, 2.75) is 45.3 Å². The first-order valence-electron chi connectivity index (χ1n) is 13.3. The van der Waals surface area contributed by atoms with E-state index in [1.165, 1.54) is 0 Å². The van der Waals surface area contributed by atoms with Gasteiger partial charge >= 0.3 is 0 Å². The van der Waals surface area contributed by atoms with E-state index < -0.39 is 15.6 Å². The van der Waals surface area contributed by atoms with Gasteiger partial charge in [-0.1, -0.05) is 35.5 Å². The van der Waals surface area contributed by atoms with Gasteiger partial charge in [-0.25, -0.2) is 13.1 Å². The van der Waals surface area contributed by atoms with Gasteiger partial charge in [0.05, 0.1) is 34.7 Å². The van der Waals surface area contributed by atoms with Crippen molar-refractivity contribution < 1.29 is 18.3 Å². The average molecular weight is 564 g/mol. The Balaban J connectivity index is 1.79. The lowest BCUT2D eigenvalue weighted by atomic mass is 9.86. The zero-order valence-electron chi connectivity index (χ0n) is 23.2. The molecule has 210 valence electrons. The molecule has 1 aliphatic heterocycles. The molecule has 12 heteroatoms. The van der Waals surface area contributed by atoms with E-state index in [1.54, 1.807) is 24.7 Å². The fourth-order valence-corrected chi connectivity index (χ4v) is 6.74. The first kappa shape index (κ1) is 26.6. The maximum absolute atomic E-state index is 13.1. The van der Waals surface area contributed by atoms with E-state index in [-0.39, 0.29) is 17.7 Å². The van der Waals surface area contributed by atoms with E-state index in [4.69, 9.17) is 9.72 Å². The van der Waals surface area contributed by atoms with Crippen LogP contribution in [0.25, 0.3) is 33.3 Å². The molecule has 6 rings (SSSR count). The predicted molar refractivity (Wildman–Crippen MR) is 151 cm³/mol. The molecule has 0 radical (unpaired) electrons. The molecule has 11 nitrogen and oxygen atoms in total. The van der Waals surface area contributed by atoms with E-state index in [0.717, 1.165) is 51.2 Å². The largest absolute Gasteiger partial charge is 0.384 e. The number of rotatable bonds is 6. The molecule has 5 aromatic rings. The molecule has 5 heterocycles. The summed E-state index contributed by atoms with van der Waals surface area (Å²) in [6.07, 6.45) is 4.49. The molecule has 0 saturated carbocycles. The second kappa shape index (κ2) is 9.50. The smallest absolute Gasteiger partial charge is 0.251 e. The SMILES string of the molecule is Cc1nnn(C)c1-c1cnc2c3c(c(C(C)(C)O)nn3S(C)(=O)=O)n(C(c3ccccc3)C3CCOCC3)c2c1. The lowest BCUT2D eigenvalue weighted by molar-refractivity contribution is 0.0547. The highest BCUT2D eigenvalue weighted by molar-refractivity contribution is 7.89. The standard InChI is InChI=1S/C28H33N7O4S/c1-17-23(33(4)32-30-17)20-15-21-22(29-16-20)25-26(27(28(2,3)36)31-35(25)40(5,37)38)34(21)24(18-9-7-6-8-10-18)19-11-13-39-14-12-19/h6-10,15-16,19,24,36H,11-14H2,1-5H3. The maximum atomic E-state index is 13.1. The number of nitrogens with zero attached hydrogens (tertiary/aromatic N) is 7. The highest BCUT2D eigenvalue weighted by Crippen LogP contribution is 2.44. The number of hydrogen-bond donors (Lipinski definition) is 1. The Labute approximate surface area is 232 Å². The van der Waals surface area contributed by atoms with Crippen molar-refractivity contribution >= 4 is 32.1 Å². The van der Waals surface area contributed by atoms with Crippen molar-refractivity contribution in [2.24, 2.45) is 13.0 Å². The third kappa shape index (κ3) is 4.30. The summed E-state index contributed by atoms with van der Waals surface area (Å²) in [6.45, 7) is 6.42. The number of ether oxygens (including phenoxy) is 1. The monoisotopic (exact) mass is 563 g/mol. The van der Waals surface area contributed by atoms with Crippen molar-refractivity contribution in [1.82, 2.24) is 33.7 Å². The summed E-state index contributed by atoms with van der Waals surface area (Å²) in [6, 6.07) is 12.0. The Morgan fingerprint density at radius 2 is 1.82 bits per heavy atom. The summed E-state index contributed by atoms with van der Waals surface area (Å²) >= 11 is 0. The minimum atomic E-state index is -3.83. The fraction of sp³-hybridized carbons (Fsp3) is 0.429. The van der Waals surface area contributed by atoms with Crippen LogP contribution in [-0.2, 0) is 27.4 Å². The Bertz CT molecular complexity index is 1810. The topological polar surface area (TPSA) is 130 Å². The molecular formula is C28H33N7O4S. The van der Waals surface area contributed by atoms with Crippen molar-refractivity contribution in [3.05, 3.63) is 59.5 Å². The molecule has 1 fully saturated rings. The summed E-state index contributed by atoms with van der Waals surface area (Å²) < 4.78 is 36.7. The van der Waals surface area contributed by atoms with Crippen LogP contribution in [0.1, 0.15) is 49.7 Å². The van der Waals surface area contributed by atoms with E-state index in [0.29, 0.717) is 29.8 Å². The van der Waals surface area contributed by atoms with E-state index >= 15 is 0 Å². The minimum Gasteiger partial charge on any atom is -0.384 e. The van der Waals surface area contributed by atoms with Gasteiger partial charge < -0.3 is 14.4 Å². The van der Waals surface area contributed by atoms with E-state index in [9.17, 15) is 13.5 Å². The second-order valence-electron chi connectivity index (χ2n) is 11.1. The van der Waals surface area contributed by atoms with Crippen LogP contribution in [0.3, 0.4) is 0 Å². The zero-order valence-corrected chi connectivity index (χ0v) is 24.1. The average Bonchev–Trinajstić information content (AvgIpc) is 3.56. The lowest BCUT2D eigenvalue weighted by Gasteiger charge is -2.33. The summed E-state index contributed by atoms with van der Waals surface area (Å²) in [4.78, 5) is 4.84. The Kier molecular flexibility index (Phi) is 6.32. The number of benzene rings is 1. The normalized spacial score (nSPS) is 16.2. The van der Waals surface area contributed by atoms with Crippen molar-refractivity contribution in [1.29, 1.82) is 0 Å². The molecule has 4 aromatic heterocycles. The quantitative estimate of drug-likeness (QED) is 0.332. The van der Waals surface area contributed by atoms with Crippen LogP contribution in [0, 0.1) is 12.8 Å². The Hall–Kier alpha value is -3.61. The molecule has 1 saturated heterocycles. The molecule has 1 atom stereocenters. The number of aromatic nitrogens is 7. The highest BCUT2D eigenvalue weighted by Gasteiger charge is 2.37. The van der Waals surface area contributed by atoms with Crippen LogP contribution in [0.15, 0.2) is 42.6 Å². The first-order chi connectivity index (χ1) is 19.0. The van der Waals surface area contributed by atoms with Crippen LogP contribution in [-0.4, -0.2) is 66.7 Å². The summed E-state index contributed by atoms with van der Waals surface area (Å²) in [5.74, 6) is 0.190. The van der Waals surface area contributed by atoms with Gasteiger partial charge in [-0.2, -0.15) is 9.19 Å². The number of hydrogen-bond acceptors (Lipinski definition) is 8. The molecule has 1 unspecified atom stereocenters. The number of fused-ring (bicyclic) bond motifs is 3. The summed E-state index contributed by atoms with van der Waals surface area (Å²) in [7, 11) is -2.00. The summed E-state index contributed by atoms with van der Waals surface area (Å²) in [5.41, 5.74) is 4.46. The van der Waals surface area contributed by atoms with Gasteiger partial charge in [-0.15, -0.1) is 5.10 Å². The first-order valence-corrected chi connectivity index (χ1v) is 15.2. The van der Waals surface area contributed by atoms with Crippen LogP contribution in [0.4, 0.5) is 0 Å². The van der Waals surface area contributed by atoms with Crippen LogP contribution in [0.2, 0.25) is 0 Å². The molecule has 40 heavy (non-hydrogen) atoms. The number of aryl methyl sites for hydroxylation is 2.